The Balaban J connectivity index is 1.59. The molecular formula is C25H19BrFN5O. The number of aromatic nitrogens is 4. The summed E-state index contributed by atoms with van der Waals surface area (Å²) in [5.74, 6) is 0.409. The number of carbonyl (C=O) groups excluding carboxylic acids is 1. The van der Waals surface area contributed by atoms with Crippen LogP contribution in [0.15, 0.2) is 83.3 Å². The van der Waals surface area contributed by atoms with Crippen molar-refractivity contribution in [2.75, 3.05) is 5.32 Å². The molecule has 164 valence electrons. The van der Waals surface area contributed by atoms with Gasteiger partial charge in [0.15, 0.2) is 0 Å². The summed E-state index contributed by atoms with van der Waals surface area (Å²) in [4.78, 5) is 17.6. The van der Waals surface area contributed by atoms with E-state index in [2.05, 4.69) is 26.3 Å². The molecule has 0 aliphatic carbocycles. The first-order valence-corrected chi connectivity index (χ1v) is 11.1. The molecule has 6 nitrogen and oxygen atoms in total. The van der Waals surface area contributed by atoms with Crippen molar-refractivity contribution in [1.82, 2.24) is 19.3 Å². The Kier molecular flexibility index (Phi) is 5.51. The fraction of sp³-hybridized carbons (Fsp3) is 0.0800. The lowest BCUT2D eigenvalue weighted by atomic mass is 10.2. The third-order valence-electron chi connectivity index (χ3n) is 5.29. The lowest BCUT2D eigenvalue weighted by Crippen LogP contribution is -2.17. The molecule has 8 heteroatoms. The Morgan fingerprint density at radius 1 is 1.03 bits per heavy atom. The number of para-hydroxylation sites is 2. The van der Waals surface area contributed by atoms with Gasteiger partial charge in [-0.1, -0.05) is 46.3 Å². The molecule has 0 saturated carbocycles. The van der Waals surface area contributed by atoms with Gasteiger partial charge in [-0.25, -0.2) is 9.37 Å². The third kappa shape index (κ3) is 4.17. The van der Waals surface area contributed by atoms with Gasteiger partial charge in [0, 0.05) is 21.7 Å². The van der Waals surface area contributed by atoms with E-state index in [1.165, 1.54) is 6.07 Å². The highest BCUT2D eigenvalue weighted by Crippen LogP contribution is 2.25. The average molecular weight is 504 g/mol. The second-order valence-electron chi connectivity index (χ2n) is 7.62. The molecule has 3 aromatic carbocycles. The number of nitrogens with one attached hydrogen (secondary N) is 1. The Morgan fingerprint density at radius 2 is 1.76 bits per heavy atom. The summed E-state index contributed by atoms with van der Waals surface area (Å²) < 4.78 is 18.8. The number of benzene rings is 3. The quantitative estimate of drug-likeness (QED) is 0.333. The lowest BCUT2D eigenvalue weighted by Gasteiger charge is -2.12. The van der Waals surface area contributed by atoms with Gasteiger partial charge in [0.05, 0.1) is 23.3 Å². The Bertz CT molecular complexity index is 1470. The predicted octanol–water partition coefficient (Wildman–Crippen LogP) is 5.73. The van der Waals surface area contributed by atoms with Gasteiger partial charge in [0.25, 0.3) is 5.91 Å². The van der Waals surface area contributed by atoms with E-state index < -0.39 is 0 Å². The van der Waals surface area contributed by atoms with Crippen molar-refractivity contribution in [3.05, 3.63) is 106 Å². The maximum absolute atomic E-state index is 14.5. The molecule has 1 N–H and O–H groups in total. The van der Waals surface area contributed by atoms with Crippen molar-refractivity contribution < 1.29 is 9.18 Å². The first-order chi connectivity index (χ1) is 16.0. The van der Waals surface area contributed by atoms with Crippen molar-refractivity contribution in [3.63, 3.8) is 0 Å². The molecule has 1 amide bonds. The van der Waals surface area contributed by atoms with E-state index in [4.69, 9.17) is 4.98 Å². The Hall–Kier alpha value is -3.78. The van der Waals surface area contributed by atoms with Crippen LogP contribution in [0.5, 0.6) is 0 Å². The summed E-state index contributed by atoms with van der Waals surface area (Å²) >= 11 is 3.38. The van der Waals surface area contributed by atoms with Gasteiger partial charge in [-0.2, -0.15) is 9.78 Å². The summed E-state index contributed by atoms with van der Waals surface area (Å²) in [5.41, 5.74) is 3.36. The van der Waals surface area contributed by atoms with Gasteiger partial charge in [-0.15, -0.1) is 0 Å². The number of hydrogen-bond donors (Lipinski definition) is 1. The number of aryl methyl sites for hydroxylation is 1. The number of rotatable bonds is 5. The standard InChI is InChI=1S/C25H19BrFN5O/c1-16-14-23(29-24(33)17-10-12-19(26)13-11-17)32(30-16)25-28-21-8-4-5-9-22(21)31(25)15-18-6-2-3-7-20(18)27/h2-14H,15H2,1H3,(H,29,33). The first kappa shape index (κ1) is 21.1. The van der Waals surface area contributed by atoms with E-state index in [1.807, 2.05) is 47.9 Å². The first-order valence-electron chi connectivity index (χ1n) is 10.3. The minimum atomic E-state index is -0.290. The zero-order valence-corrected chi connectivity index (χ0v) is 19.3. The molecule has 2 heterocycles. The molecule has 5 rings (SSSR count). The van der Waals surface area contributed by atoms with Gasteiger partial charge < -0.3 is 9.88 Å². The number of halogens is 2. The summed E-state index contributed by atoms with van der Waals surface area (Å²) in [6.45, 7) is 2.11. The highest BCUT2D eigenvalue weighted by Gasteiger charge is 2.19. The molecule has 0 unspecified atom stereocenters. The molecule has 0 radical (unpaired) electrons. The Morgan fingerprint density at radius 3 is 2.55 bits per heavy atom. The zero-order chi connectivity index (χ0) is 22.9. The van der Waals surface area contributed by atoms with Crippen LogP contribution in [-0.2, 0) is 6.54 Å². The van der Waals surface area contributed by atoms with Crippen LogP contribution in [0.3, 0.4) is 0 Å². The average Bonchev–Trinajstić information content (AvgIpc) is 3.35. The van der Waals surface area contributed by atoms with Crippen LogP contribution in [0, 0.1) is 12.7 Å². The molecule has 0 aliphatic heterocycles. The van der Waals surface area contributed by atoms with Crippen molar-refractivity contribution in [2.45, 2.75) is 13.5 Å². The largest absolute Gasteiger partial charge is 0.306 e. The maximum Gasteiger partial charge on any atom is 0.256 e. The van der Waals surface area contributed by atoms with Gasteiger partial charge in [-0.05, 0) is 49.4 Å². The van der Waals surface area contributed by atoms with Crippen LogP contribution in [0.25, 0.3) is 17.0 Å². The highest BCUT2D eigenvalue weighted by atomic mass is 79.9. The molecule has 5 aromatic rings. The van der Waals surface area contributed by atoms with Crippen molar-refractivity contribution in [3.8, 4) is 5.95 Å². The van der Waals surface area contributed by atoms with Crippen LogP contribution in [0.1, 0.15) is 21.6 Å². The van der Waals surface area contributed by atoms with Gasteiger partial charge in [0.2, 0.25) is 5.95 Å². The smallest absolute Gasteiger partial charge is 0.256 e. The van der Waals surface area contributed by atoms with Gasteiger partial charge in [-0.3, -0.25) is 4.79 Å². The fourth-order valence-corrected chi connectivity index (χ4v) is 3.97. The molecule has 0 aliphatic rings. The monoisotopic (exact) mass is 503 g/mol. The van der Waals surface area contributed by atoms with Crippen LogP contribution in [-0.4, -0.2) is 25.2 Å². The predicted molar refractivity (Wildman–Crippen MR) is 129 cm³/mol. The van der Waals surface area contributed by atoms with Crippen LogP contribution in [0.2, 0.25) is 0 Å². The normalized spacial score (nSPS) is 11.1. The number of hydrogen-bond acceptors (Lipinski definition) is 3. The number of nitrogens with zero attached hydrogens (tertiary/aromatic N) is 4. The minimum absolute atomic E-state index is 0.264. The van der Waals surface area contributed by atoms with E-state index >= 15 is 0 Å². The summed E-state index contributed by atoms with van der Waals surface area (Å²) in [6, 6.07) is 23.2. The van der Waals surface area contributed by atoms with Gasteiger partial charge >= 0.3 is 0 Å². The fourth-order valence-electron chi connectivity index (χ4n) is 3.71. The zero-order valence-electron chi connectivity index (χ0n) is 17.7. The molecule has 33 heavy (non-hydrogen) atoms. The second kappa shape index (κ2) is 8.63. The molecule has 2 aromatic heterocycles. The summed E-state index contributed by atoms with van der Waals surface area (Å²) in [5, 5.41) is 7.51. The number of amides is 1. The van der Waals surface area contributed by atoms with Gasteiger partial charge in [0.1, 0.15) is 11.6 Å². The highest BCUT2D eigenvalue weighted by molar-refractivity contribution is 9.10. The molecule has 0 atom stereocenters. The minimum Gasteiger partial charge on any atom is -0.306 e. The van der Waals surface area contributed by atoms with E-state index in [0.29, 0.717) is 28.6 Å². The molecule has 0 spiro atoms. The molecular weight excluding hydrogens is 485 g/mol. The summed E-state index contributed by atoms with van der Waals surface area (Å²) in [7, 11) is 0. The van der Waals surface area contributed by atoms with Crippen LogP contribution in [0.4, 0.5) is 10.2 Å². The van der Waals surface area contributed by atoms with Crippen molar-refractivity contribution >= 4 is 38.7 Å². The number of carbonyl (C=O) groups is 1. The van der Waals surface area contributed by atoms with Crippen molar-refractivity contribution in [1.29, 1.82) is 0 Å². The van der Waals surface area contributed by atoms with Crippen LogP contribution < -0.4 is 5.32 Å². The van der Waals surface area contributed by atoms with E-state index in [0.717, 1.165) is 15.5 Å². The molecule has 0 fully saturated rings. The van der Waals surface area contributed by atoms with Crippen LogP contribution >= 0.6 is 15.9 Å². The Labute approximate surface area is 197 Å². The van der Waals surface area contributed by atoms with E-state index in [9.17, 15) is 9.18 Å². The molecule has 0 bridgehead atoms. The number of anilines is 1. The lowest BCUT2D eigenvalue weighted by molar-refractivity contribution is 0.102. The SMILES string of the molecule is Cc1cc(NC(=O)c2ccc(Br)cc2)n(-c2nc3ccccc3n2Cc2ccccc2F)n1. The number of imidazole rings is 1. The molecule has 0 saturated heterocycles. The van der Waals surface area contributed by atoms with E-state index in [-0.39, 0.29) is 18.3 Å². The summed E-state index contributed by atoms with van der Waals surface area (Å²) in [6.07, 6.45) is 0. The second-order valence-corrected chi connectivity index (χ2v) is 8.54. The van der Waals surface area contributed by atoms with E-state index in [1.54, 1.807) is 41.1 Å². The topological polar surface area (TPSA) is 64.7 Å². The third-order valence-corrected chi connectivity index (χ3v) is 5.82. The number of fused-ring (bicyclic) bond motifs is 1. The maximum atomic E-state index is 14.5. The van der Waals surface area contributed by atoms with Crippen molar-refractivity contribution in [2.24, 2.45) is 0 Å².